The van der Waals surface area contributed by atoms with Gasteiger partial charge in [-0.05, 0) is 40.5 Å². The zero-order valence-electron chi connectivity index (χ0n) is 10.2. The fraction of sp³-hybridized carbons (Fsp3) is 0.308. The SMILES string of the molecule is CC(CCC#N)c1nc(-c2ccc(F)cc2Br)no1. The summed E-state index contributed by atoms with van der Waals surface area (Å²) in [6, 6.07) is 6.37. The minimum atomic E-state index is -0.332. The highest BCUT2D eigenvalue weighted by molar-refractivity contribution is 9.10. The minimum absolute atomic E-state index is 0.0279. The smallest absolute Gasteiger partial charge is 0.229 e. The molecule has 0 bridgehead atoms. The van der Waals surface area contributed by atoms with Crippen molar-refractivity contribution in [3.8, 4) is 17.5 Å². The lowest BCUT2D eigenvalue weighted by Crippen LogP contribution is -1.93. The quantitative estimate of drug-likeness (QED) is 0.851. The summed E-state index contributed by atoms with van der Waals surface area (Å²) in [5, 5.41) is 12.4. The van der Waals surface area contributed by atoms with Gasteiger partial charge in [0.25, 0.3) is 0 Å². The number of hydrogen-bond acceptors (Lipinski definition) is 4. The molecular formula is C13H11BrFN3O. The molecule has 0 fully saturated rings. The van der Waals surface area contributed by atoms with Crippen LogP contribution in [0.15, 0.2) is 27.2 Å². The molecule has 98 valence electrons. The molecule has 4 nitrogen and oxygen atoms in total. The lowest BCUT2D eigenvalue weighted by atomic mass is 10.1. The first-order valence-electron chi connectivity index (χ1n) is 5.77. The monoisotopic (exact) mass is 323 g/mol. The van der Waals surface area contributed by atoms with Gasteiger partial charge in [-0.1, -0.05) is 12.1 Å². The maximum Gasteiger partial charge on any atom is 0.229 e. The van der Waals surface area contributed by atoms with Crippen molar-refractivity contribution in [1.82, 2.24) is 10.1 Å². The molecule has 0 radical (unpaired) electrons. The van der Waals surface area contributed by atoms with Crippen LogP contribution in [0.5, 0.6) is 0 Å². The third-order valence-electron chi connectivity index (χ3n) is 2.72. The standard InChI is InChI=1S/C13H11BrFN3O/c1-8(3-2-6-16)13-17-12(18-19-13)10-5-4-9(15)7-11(10)14/h4-5,7-8H,2-3H2,1H3. The average Bonchev–Trinajstić information content (AvgIpc) is 2.85. The number of benzene rings is 1. The third kappa shape index (κ3) is 3.18. The van der Waals surface area contributed by atoms with Crippen molar-refractivity contribution in [3.05, 3.63) is 34.4 Å². The highest BCUT2D eigenvalue weighted by Gasteiger charge is 2.16. The zero-order chi connectivity index (χ0) is 13.8. The van der Waals surface area contributed by atoms with Gasteiger partial charge < -0.3 is 4.52 Å². The molecule has 19 heavy (non-hydrogen) atoms. The van der Waals surface area contributed by atoms with Gasteiger partial charge in [-0.2, -0.15) is 10.2 Å². The van der Waals surface area contributed by atoms with E-state index >= 15 is 0 Å². The second kappa shape index (κ2) is 5.93. The van der Waals surface area contributed by atoms with Crippen molar-refractivity contribution >= 4 is 15.9 Å². The van der Waals surface area contributed by atoms with Crippen LogP contribution >= 0.6 is 15.9 Å². The Hall–Kier alpha value is -1.74. The van der Waals surface area contributed by atoms with Crippen LogP contribution in [0, 0.1) is 17.1 Å². The molecule has 6 heteroatoms. The van der Waals surface area contributed by atoms with Crippen molar-refractivity contribution < 1.29 is 8.91 Å². The van der Waals surface area contributed by atoms with Gasteiger partial charge in [0, 0.05) is 22.4 Å². The number of hydrogen-bond donors (Lipinski definition) is 0. The number of aromatic nitrogens is 2. The van der Waals surface area contributed by atoms with Crippen molar-refractivity contribution in [2.45, 2.75) is 25.7 Å². The minimum Gasteiger partial charge on any atom is -0.339 e. The topological polar surface area (TPSA) is 62.7 Å². The highest BCUT2D eigenvalue weighted by Crippen LogP contribution is 2.28. The van der Waals surface area contributed by atoms with Crippen LogP contribution in [0.1, 0.15) is 31.6 Å². The molecule has 2 aromatic rings. The maximum atomic E-state index is 13.0. The molecule has 0 aliphatic carbocycles. The molecular weight excluding hydrogens is 313 g/mol. The molecule has 0 aliphatic heterocycles. The summed E-state index contributed by atoms with van der Waals surface area (Å²) >= 11 is 3.27. The van der Waals surface area contributed by atoms with Crippen LogP contribution in [0.3, 0.4) is 0 Å². The molecule has 0 saturated heterocycles. The Morgan fingerprint density at radius 1 is 1.53 bits per heavy atom. The Kier molecular flexibility index (Phi) is 4.27. The Morgan fingerprint density at radius 3 is 3.00 bits per heavy atom. The summed E-state index contributed by atoms with van der Waals surface area (Å²) in [7, 11) is 0. The molecule has 1 atom stereocenters. The number of halogens is 2. The molecule has 0 amide bonds. The lowest BCUT2D eigenvalue weighted by molar-refractivity contribution is 0.355. The molecule has 1 aromatic carbocycles. The fourth-order valence-corrected chi connectivity index (χ4v) is 2.15. The molecule has 1 aromatic heterocycles. The summed E-state index contributed by atoms with van der Waals surface area (Å²) in [4.78, 5) is 4.28. The van der Waals surface area contributed by atoms with Crippen molar-refractivity contribution in [2.24, 2.45) is 0 Å². The second-order valence-electron chi connectivity index (χ2n) is 4.18. The van der Waals surface area contributed by atoms with E-state index in [9.17, 15) is 4.39 Å². The number of rotatable bonds is 4. The van der Waals surface area contributed by atoms with Gasteiger partial charge in [-0.3, -0.25) is 0 Å². The van der Waals surface area contributed by atoms with E-state index in [0.29, 0.717) is 34.6 Å². The number of nitrogens with zero attached hydrogens (tertiary/aromatic N) is 3. The van der Waals surface area contributed by atoms with Gasteiger partial charge >= 0.3 is 0 Å². The molecule has 0 spiro atoms. The van der Waals surface area contributed by atoms with Crippen LogP contribution in [-0.2, 0) is 0 Å². The van der Waals surface area contributed by atoms with Crippen LogP contribution < -0.4 is 0 Å². The van der Waals surface area contributed by atoms with E-state index in [1.807, 2.05) is 6.92 Å². The third-order valence-corrected chi connectivity index (χ3v) is 3.38. The molecule has 0 N–H and O–H groups in total. The van der Waals surface area contributed by atoms with Gasteiger partial charge in [-0.25, -0.2) is 4.39 Å². The first-order chi connectivity index (χ1) is 9.11. The van der Waals surface area contributed by atoms with E-state index in [1.54, 1.807) is 6.07 Å². The van der Waals surface area contributed by atoms with E-state index in [0.717, 1.165) is 0 Å². The van der Waals surface area contributed by atoms with Gasteiger partial charge in [0.2, 0.25) is 11.7 Å². The van der Waals surface area contributed by atoms with Crippen LogP contribution in [0.2, 0.25) is 0 Å². The van der Waals surface area contributed by atoms with Gasteiger partial charge in [0.1, 0.15) is 5.82 Å². The predicted molar refractivity (Wildman–Crippen MR) is 70.7 cm³/mol. The van der Waals surface area contributed by atoms with Crippen molar-refractivity contribution in [3.63, 3.8) is 0 Å². The van der Waals surface area contributed by atoms with Crippen molar-refractivity contribution in [1.29, 1.82) is 5.26 Å². The lowest BCUT2D eigenvalue weighted by Gasteiger charge is -2.01. The van der Waals surface area contributed by atoms with E-state index < -0.39 is 0 Å². The second-order valence-corrected chi connectivity index (χ2v) is 5.03. The van der Waals surface area contributed by atoms with E-state index in [1.165, 1.54) is 12.1 Å². The molecule has 0 saturated carbocycles. The zero-order valence-corrected chi connectivity index (χ0v) is 11.8. The molecule has 1 unspecified atom stereocenters. The Labute approximate surface area is 118 Å². The molecule has 2 rings (SSSR count). The first-order valence-corrected chi connectivity index (χ1v) is 6.57. The highest BCUT2D eigenvalue weighted by atomic mass is 79.9. The van der Waals surface area contributed by atoms with E-state index in [2.05, 4.69) is 32.1 Å². The fourth-order valence-electron chi connectivity index (χ4n) is 1.62. The van der Waals surface area contributed by atoms with E-state index in [-0.39, 0.29) is 11.7 Å². The Morgan fingerprint density at radius 2 is 2.32 bits per heavy atom. The maximum absolute atomic E-state index is 13.0. The van der Waals surface area contributed by atoms with Gasteiger partial charge in [0.15, 0.2) is 0 Å². The number of nitriles is 1. The summed E-state index contributed by atoms with van der Waals surface area (Å²) in [6.07, 6.45) is 1.11. The Bertz CT molecular complexity index is 621. The van der Waals surface area contributed by atoms with Gasteiger partial charge in [0.05, 0.1) is 6.07 Å². The Balaban J connectivity index is 2.23. The van der Waals surface area contributed by atoms with Crippen LogP contribution in [-0.4, -0.2) is 10.1 Å². The predicted octanol–water partition coefficient (Wildman–Crippen LogP) is 4.05. The van der Waals surface area contributed by atoms with Gasteiger partial charge in [-0.15, -0.1) is 0 Å². The molecule has 0 aliphatic rings. The van der Waals surface area contributed by atoms with Crippen LogP contribution in [0.25, 0.3) is 11.4 Å². The van der Waals surface area contributed by atoms with E-state index in [4.69, 9.17) is 9.78 Å². The summed E-state index contributed by atoms with van der Waals surface area (Å²) in [5.74, 6) is 0.592. The first kappa shape index (κ1) is 13.7. The molecule has 1 heterocycles. The van der Waals surface area contributed by atoms with Crippen molar-refractivity contribution in [2.75, 3.05) is 0 Å². The summed E-state index contributed by atoms with van der Waals surface area (Å²) in [6.45, 7) is 1.92. The largest absolute Gasteiger partial charge is 0.339 e. The van der Waals surface area contributed by atoms with Crippen LogP contribution in [0.4, 0.5) is 4.39 Å². The average molecular weight is 324 g/mol. The summed E-state index contributed by atoms with van der Waals surface area (Å²) in [5.41, 5.74) is 0.670. The normalized spacial score (nSPS) is 12.1. The summed E-state index contributed by atoms with van der Waals surface area (Å²) < 4.78 is 18.8.